The van der Waals surface area contributed by atoms with Crippen LogP contribution in [0, 0.1) is 30.1 Å². The third-order valence-corrected chi connectivity index (χ3v) is 9.09. The molecule has 0 spiro atoms. The number of carboxylic acid groups (broad SMARTS) is 1. The molecule has 3 fully saturated rings. The number of nitrogens with one attached hydrogen (secondary N) is 1. The van der Waals surface area contributed by atoms with Crippen molar-refractivity contribution < 1.29 is 24.1 Å². The van der Waals surface area contributed by atoms with Crippen molar-refractivity contribution in [2.24, 2.45) is 11.8 Å². The molecule has 3 heterocycles. The highest BCUT2D eigenvalue weighted by atomic mass is 16.5. The summed E-state index contributed by atoms with van der Waals surface area (Å²) in [6.07, 6.45) is 6.21. The molecule has 2 aliphatic carbocycles. The van der Waals surface area contributed by atoms with Gasteiger partial charge in [0.2, 0.25) is 0 Å². The number of nitriles is 1. The summed E-state index contributed by atoms with van der Waals surface area (Å²) in [6.45, 7) is 5.44. The van der Waals surface area contributed by atoms with Gasteiger partial charge < -0.3 is 24.3 Å². The van der Waals surface area contributed by atoms with Gasteiger partial charge in [-0.1, -0.05) is 0 Å². The summed E-state index contributed by atoms with van der Waals surface area (Å²) >= 11 is 0. The Hall–Kier alpha value is -4.07. The van der Waals surface area contributed by atoms with Crippen LogP contribution in [0.2, 0.25) is 0 Å². The smallest absolute Gasteiger partial charge is 0.306 e. The van der Waals surface area contributed by atoms with Crippen molar-refractivity contribution in [2.45, 2.75) is 44.4 Å². The second-order valence-corrected chi connectivity index (χ2v) is 11.5. The summed E-state index contributed by atoms with van der Waals surface area (Å²) in [5.74, 6) is -0.222. The number of aromatic nitrogens is 3. The van der Waals surface area contributed by atoms with Gasteiger partial charge in [-0.3, -0.25) is 14.4 Å². The molecule has 2 aromatic heterocycles. The van der Waals surface area contributed by atoms with Crippen LogP contribution in [0.3, 0.4) is 0 Å². The SMILES string of the molecule is COc1cc(C)c2[nH]ccc2c1[C@H]([C@H]1C[C@@H]1C(=O)O)n1cc2ccc(C#N)c(OC3CC(N4CCOCC4)C3)c2n1. The molecular weight excluding hydrogens is 522 g/mol. The Morgan fingerprint density at radius 3 is 2.76 bits per heavy atom. The van der Waals surface area contributed by atoms with Gasteiger partial charge in [0.05, 0.1) is 37.8 Å². The molecule has 2 aromatic carbocycles. The van der Waals surface area contributed by atoms with Crippen molar-refractivity contribution in [1.29, 1.82) is 5.26 Å². The van der Waals surface area contributed by atoms with E-state index in [-0.39, 0.29) is 18.1 Å². The van der Waals surface area contributed by atoms with E-state index in [1.807, 2.05) is 42.2 Å². The quantitative estimate of drug-likeness (QED) is 0.330. The molecule has 10 nitrogen and oxygen atoms in total. The third kappa shape index (κ3) is 4.40. The minimum atomic E-state index is -0.802. The van der Waals surface area contributed by atoms with Crippen LogP contribution in [0.1, 0.15) is 42.0 Å². The van der Waals surface area contributed by atoms with Crippen molar-refractivity contribution >= 4 is 27.8 Å². The molecule has 2 saturated carbocycles. The number of rotatable bonds is 8. The molecule has 212 valence electrons. The van der Waals surface area contributed by atoms with Crippen LogP contribution in [0.15, 0.2) is 36.7 Å². The first-order valence-corrected chi connectivity index (χ1v) is 14.2. The first kappa shape index (κ1) is 25.9. The summed E-state index contributed by atoms with van der Waals surface area (Å²) in [5, 5.41) is 26.7. The number of carbonyl (C=O) groups is 1. The Balaban J connectivity index is 1.28. The number of aliphatic carboxylic acids is 1. The Kier molecular flexibility index (Phi) is 6.36. The molecule has 41 heavy (non-hydrogen) atoms. The second kappa shape index (κ2) is 10.1. The zero-order valence-corrected chi connectivity index (χ0v) is 23.2. The predicted octanol–water partition coefficient (Wildman–Crippen LogP) is 4.26. The van der Waals surface area contributed by atoms with Crippen LogP contribution < -0.4 is 9.47 Å². The number of aromatic amines is 1. The van der Waals surface area contributed by atoms with Gasteiger partial charge in [0, 0.05) is 66.2 Å². The number of benzene rings is 2. The van der Waals surface area contributed by atoms with Crippen LogP contribution in [-0.4, -0.2) is 76.3 Å². The lowest BCUT2D eigenvalue weighted by atomic mass is 9.87. The molecule has 7 rings (SSSR count). The van der Waals surface area contributed by atoms with Crippen molar-refractivity contribution in [3.63, 3.8) is 0 Å². The van der Waals surface area contributed by atoms with Gasteiger partial charge in [-0.05, 0) is 49.1 Å². The number of H-pyrrole nitrogens is 1. The normalized spacial score (nSPS) is 25.0. The Morgan fingerprint density at radius 2 is 2.05 bits per heavy atom. The summed E-state index contributed by atoms with van der Waals surface area (Å²) in [5.41, 5.74) is 4.01. The van der Waals surface area contributed by atoms with E-state index >= 15 is 0 Å². The Bertz CT molecular complexity index is 1670. The summed E-state index contributed by atoms with van der Waals surface area (Å²) in [4.78, 5) is 17.8. The molecule has 2 N–H and O–H groups in total. The topological polar surface area (TPSA) is 126 Å². The van der Waals surface area contributed by atoms with Gasteiger partial charge in [-0.2, -0.15) is 10.4 Å². The van der Waals surface area contributed by atoms with Crippen LogP contribution >= 0.6 is 0 Å². The van der Waals surface area contributed by atoms with Gasteiger partial charge in [-0.25, -0.2) is 0 Å². The largest absolute Gasteiger partial charge is 0.496 e. The van der Waals surface area contributed by atoms with Gasteiger partial charge >= 0.3 is 5.97 Å². The van der Waals surface area contributed by atoms with E-state index in [9.17, 15) is 15.2 Å². The first-order valence-electron chi connectivity index (χ1n) is 14.2. The Morgan fingerprint density at radius 1 is 1.24 bits per heavy atom. The van der Waals surface area contributed by atoms with Crippen LogP contribution in [0.5, 0.6) is 11.5 Å². The lowest BCUT2D eigenvalue weighted by Gasteiger charge is -2.44. The van der Waals surface area contributed by atoms with Gasteiger partial charge in [0.25, 0.3) is 0 Å². The molecule has 0 amide bonds. The van der Waals surface area contributed by atoms with E-state index in [4.69, 9.17) is 19.3 Å². The minimum Gasteiger partial charge on any atom is -0.496 e. The zero-order chi connectivity index (χ0) is 28.2. The van der Waals surface area contributed by atoms with E-state index < -0.39 is 11.9 Å². The highest BCUT2D eigenvalue weighted by Crippen LogP contribution is 2.53. The van der Waals surface area contributed by atoms with Crippen LogP contribution in [0.25, 0.3) is 21.8 Å². The van der Waals surface area contributed by atoms with Gasteiger partial charge in [0.1, 0.15) is 23.4 Å². The average molecular weight is 556 g/mol. The number of fused-ring (bicyclic) bond motifs is 2. The molecule has 3 atom stereocenters. The van der Waals surface area contributed by atoms with Gasteiger partial charge in [0.15, 0.2) is 5.75 Å². The van der Waals surface area contributed by atoms with Crippen molar-refractivity contribution in [1.82, 2.24) is 19.7 Å². The standard InChI is InChI=1S/C31H33N5O5/c1-17-11-25(39-2)26(22-5-6-33-27(17)22)29(23-14-24(23)31(37)38)36-16-19-4-3-18(15-32)30(28(19)34-36)41-21-12-20(13-21)35-7-9-40-10-8-35/h3-6,11,16,20-21,23-24,29,33H,7-10,12-14H2,1-2H3,(H,37,38)/t20?,21?,23-,24-,29-/m0/s1. The lowest BCUT2D eigenvalue weighted by Crippen LogP contribution is -2.52. The predicted molar refractivity (Wildman–Crippen MR) is 151 cm³/mol. The maximum absolute atomic E-state index is 12.0. The van der Waals surface area contributed by atoms with Crippen LogP contribution in [0.4, 0.5) is 0 Å². The van der Waals surface area contributed by atoms with E-state index in [1.54, 1.807) is 13.2 Å². The molecule has 1 aliphatic heterocycles. The third-order valence-electron chi connectivity index (χ3n) is 9.09. The maximum Gasteiger partial charge on any atom is 0.306 e. The molecule has 10 heteroatoms. The summed E-state index contributed by atoms with van der Waals surface area (Å²) in [7, 11) is 1.64. The molecule has 0 radical (unpaired) electrons. The van der Waals surface area contributed by atoms with Crippen LogP contribution in [-0.2, 0) is 9.53 Å². The average Bonchev–Trinajstić information content (AvgIpc) is 3.37. The molecule has 0 bridgehead atoms. The number of methoxy groups -OCH3 is 1. The Labute approximate surface area is 237 Å². The fraction of sp³-hybridized carbons (Fsp3) is 0.452. The molecule has 3 aliphatic rings. The lowest BCUT2D eigenvalue weighted by molar-refractivity contribution is -0.139. The number of morpholine rings is 1. The highest BCUT2D eigenvalue weighted by molar-refractivity contribution is 5.90. The number of aryl methyl sites for hydroxylation is 1. The number of hydrogen-bond acceptors (Lipinski definition) is 7. The van der Waals surface area contributed by atoms with Gasteiger partial charge in [-0.15, -0.1) is 0 Å². The molecular formula is C31H33N5O5. The van der Waals surface area contributed by atoms with E-state index in [0.717, 1.165) is 66.6 Å². The number of nitrogens with zero attached hydrogens (tertiary/aromatic N) is 4. The second-order valence-electron chi connectivity index (χ2n) is 11.5. The molecule has 0 unspecified atom stereocenters. The van der Waals surface area contributed by atoms with E-state index in [0.29, 0.717) is 35.0 Å². The monoisotopic (exact) mass is 555 g/mol. The fourth-order valence-electron chi connectivity index (χ4n) is 6.74. The van der Waals surface area contributed by atoms with E-state index in [1.165, 1.54) is 0 Å². The molecule has 4 aromatic rings. The fourth-order valence-corrected chi connectivity index (χ4v) is 6.74. The van der Waals surface area contributed by atoms with Crippen molar-refractivity contribution in [2.75, 3.05) is 33.4 Å². The first-order chi connectivity index (χ1) is 20.0. The van der Waals surface area contributed by atoms with Crippen molar-refractivity contribution in [3.05, 3.63) is 53.3 Å². The zero-order valence-electron chi connectivity index (χ0n) is 23.2. The summed E-state index contributed by atoms with van der Waals surface area (Å²) < 4.78 is 19.7. The van der Waals surface area contributed by atoms with Crippen molar-refractivity contribution in [3.8, 4) is 17.6 Å². The van der Waals surface area contributed by atoms with E-state index in [2.05, 4.69) is 16.0 Å². The maximum atomic E-state index is 12.0. The minimum absolute atomic E-state index is 0.0120. The molecule has 1 saturated heterocycles. The summed E-state index contributed by atoms with van der Waals surface area (Å²) in [6, 6.07) is 10.1. The number of ether oxygens (including phenoxy) is 3. The highest BCUT2D eigenvalue weighted by Gasteiger charge is 2.51. The number of carboxylic acids is 1. The number of hydrogen-bond donors (Lipinski definition) is 2.